The summed E-state index contributed by atoms with van der Waals surface area (Å²) >= 11 is 0. The van der Waals surface area contributed by atoms with Gasteiger partial charge in [0.2, 0.25) is 0 Å². The molecule has 7 nitrogen and oxygen atoms in total. The zero-order chi connectivity index (χ0) is 32.6. The van der Waals surface area contributed by atoms with E-state index >= 15 is 0 Å². The Morgan fingerprint density at radius 1 is 0.293 bits per heavy atom. The quantitative estimate of drug-likeness (QED) is 0.229. The summed E-state index contributed by atoms with van der Waals surface area (Å²) in [5, 5.41) is 0. The summed E-state index contributed by atoms with van der Waals surface area (Å²) in [5.41, 5.74) is 0. The van der Waals surface area contributed by atoms with Crippen molar-refractivity contribution in [2.45, 2.75) is 37.1 Å². The molecule has 0 aliphatic rings. The molecule has 0 aliphatic heterocycles. The molecule has 1 radical (unpaired) electrons. The Kier molecular flexibility index (Phi) is 19.9. The van der Waals surface area contributed by atoms with Gasteiger partial charge in [-0.25, -0.2) is 19.3 Å². The van der Waals surface area contributed by atoms with Crippen LogP contribution in [-0.2, 0) is 28.8 Å². The first-order valence-electron chi connectivity index (χ1n) is 7.86. The minimum atomic E-state index is -5.46. The number of Topliss-reactive ketones (excluding diaryl/α,β-unsaturated/α-hetero) is 6. The Hall–Kier alpha value is -2.42. The molecular weight excluding hydrogens is 801 g/mol. The number of alkyl halides is 18. The molecule has 0 bridgehead atoms. The van der Waals surface area contributed by atoms with Crippen molar-refractivity contribution in [1.82, 2.24) is 0 Å². The molecule has 0 heterocycles. The van der Waals surface area contributed by atoms with E-state index in [2.05, 4.69) is 0 Å². The van der Waals surface area contributed by atoms with E-state index in [4.69, 9.17) is 0 Å². The first-order valence-corrected chi connectivity index (χ1v) is 7.86. The van der Waals surface area contributed by atoms with Gasteiger partial charge >= 0.3 is 74.4 Å². The van der Waals surface area contributed by atoms with Crippen molar-refractivity contribution in [2.24, 2.45) is 0 Å². The summed E-state index contributed by atoms with van der Waals surface area (Å²) in [5.74, 6) is -16.9. The van der Waals surface area contributed by atoms with Crippen molar-refractivity contribution in [1.29, 1.82) is 0 Å². The number of hydrogen-bond donors (Lipinski definition) is 0. The minimum absolute atomic E-state index is 0. The summed E-state index contributed by atoms with van der Waals surface area (Å²) < 4.78 is 203. The predicted octanol–water partition coefficient (Wildman–Crippen LogP) is 3.54. The number of halogens is 18. The number of rotatable bonds is 6. The van der Waals surface area contributed by atoms with Gasteiger partial charge in [-0.2, -0.15) is 79.0 Å². The van der Waals surface area contributed by atoms with Crippen molar-refractivity contribution in [3.8, 4) is 0 Å². The smallest absolute Gasteiger partial charge is 0.412 e. The summed E-state index contributed by atoms with van der Waals surface area (Å²) in [4.78, 5) is 58.9. The molecule has 245 valence electrons. The Balaban J connectivity index is -0.000000154. The van der Waals surface area contributed by atoms with Gasteiger partial charge in [-0.15, -0.1) is 0 Å². The summed E-state index contributed by atoms with van der Waals surface area (Å²) in [7, 11) is 0. The molecule has 0 aliphatic carbocycles. The molecular formula is C15H5ErF18O7. The topological polar surface area (TPSA) is 134 Å². The second kappa shape index (κ2) is 16.9. The molecule has 0 aromatic rings. The average Bonchev–Trinajstić information content (AvgIpc) is 2.64. The number of carbonyl (C=O) groups excluding carboxylic acids is 6. The van der Waals surface area contributed by atoms with E-state index < -0.39 is 91.0 Å². The molecule has 0 amide bonds. The van der Waals surface area contributed by atoms with Crippen LogP contribution in [0.15, 0.2) is 0 Å². The van der Waals surface area contributed by atoms with Gasteiger partial charge < -0.3 is 34.2 Å². The fourth-order valence-corrected chi connectivity index (χ4v) is 0.848. The first-order chi connectivity index (χ1) is 16.6. The molecule has 26 heteroatoms. The second-order valence-corrected chi connectivity index (χ2v) is 5.61. The van der Waals surface area contributed by atoms with E-state index in [-0.39, 0.29) is 42.8 Å². The van der Waals surface area contributed by atoms with Crippen molar-refractivity contribution < 1.29 is 151 Å². The Bertz CT molecular complexity index is 729. The van der Waals surface area contributed by atoms with Crippen LogP contribution in [0.5, 0.6) is 0 Å². The standard InChI is InChI=1S/3C5HF6O2.Er.H2O/c3*6-4(7,8)2(12)1-3(13)5(9,10)11;;/h3*1H;;1H2/q3*-1;+3;. The van der Waals surface area contributed by atoms with E-state index in [1.807, 2.05) is 0 Å². The number of ketones is 6. The van der Waals surface area contributed by atoms with Crippen LogP contribution in [0, 0.1) is 56.6 Å². The van der Waals surface area contributed by atoms with Gasteiger partial charge in [0.25, 0.3) is 0 Å². The summed E-state index contributed by atoms with van der Waals surface area (Å²) in [6, 6.07) is 0. The molecule has 41 heavy (non-hydrogen) atoms. The summed E-state index contributed by atoms with van der Waals surface area (Å²) in [6.45, 7) is 0. The second-order valence-electron chi connectivity index (χ2n) is 5.61. The van der Waals surface area contributed by atoms with E-state index in [1.165, 1.54) is 0 Å². The van der Waals surface area contributed by atoms with E-state index in [9.17, 15) is 108 Å². The Morgan fingerprint density at radius 3 is 0.415 bits per heavy atom. The molecule has 0 atom stereocenters. The van der Waals surface area contributed by atoms with Gasteiger partial charge in [0.1, 0.15) is 34.7 Å². The van der Waals surface area contributed by atoms with Gasteiger partial charge in [0.15, 0.2) is 0 Å². The van der Waals surface area contributed by atoms with Crippen LogP contribution in [0.4, 0.5) is 79.0 Å². The molecule has 0 aromatic carbocycles. The molecule has 2 N–H and O–H groups in total. The Morgan fingerprint density at radius 2 is 0.366 bits per heavy atom. The van der Waals surface area contributed by atoms with Crippen molar-refractivity contribution in [3.05, 3.63) is 19.3 Å². The molecule has 0 rings (SSSR count). The molecule has 0 saturated heterocycles. The maximum atomic E-state index is 11.3. The third-order valence-electron chi connectivity index (χ3n) is 2.46. The monoisotopic (exact) mass is 805 g/mol. The van der Waals surface area contributed by atoms with Crippen LogP contribution in [-0.4, -0.2) is 77.2 Å². The number of hydrogen-bond acceptors (Lipinski definition) is 6. The maximum Gasteiger partial charge on any atom is 3.00 e. The molecule has 0 spiro atoms. The van der Waals surface area contributed by atoms with Crippen LogP contribution in [0.25, 0.3) is 0 Å². The average molecular weight is 806 g/mol. The third-order valence-corrected chi connectivity index (χ3v) is 2.46. The maximum absolute atomic E-state index is 11.3. The normalized spacial score (nSPS) is 11.9. The van der Waals surface area contributed by atoms with Crippen LogP contribution >= 0.6 is 0 Å². The van der Waals surface area contributed by atoms with E-state index in [0.29, 0.717) is 0 Å². The number of carbonyl (C=O) groups is 6. The predicted molar refractivity (Wildman–Crippen MR) is 82.9 cm³/mol. The van der Waals surface area contributed by atoms with Gasteiger partial charge in [0.05, 0.1) is 0 Å². The molecule has 0 fully saturated rings. The van der Waals surface area contributed by atoms with Gasteiger partial charge in [0, 0.05) is 0 Å². The minimum Gasteiger partial charge on any atom is -0.412 e. The van der Waals surface area contributed by atoms with Crippen LogP contribution in [0.3, 0.4) is 0 Å². The fourth-order valence-electron chi connectivity index (χ4n) is 0.848. The largest absolute Gasteiger partial charge is 3.00 e. The Labute approximate surface area is 241 Å². The molecule has 0 unspecified atom stereocenters. The van der Waals surface area contributed by atoms with Crippen LogP contribution in [0.2, 0.25) is 0 Å². The van der Waals surface area contributed by atoms with E-state index in [0.717, 1.165) is 0 Å². The van der Waals surface area contributed by atoms with Gasteiger partial charge in [-0.05, 0) is 0 Å². The van der Waals surface area contributed by atoms with E-state index in [1.54, 1.807) is 0 Å². The van der Waals surface area contributed by atoms with Gasteiger partial charge in [-0.1, -0.05) is 0 Å². The van der Waals surface area contributed by atoms with Gasteiger partial charge in [-0.3, -0.25) is 0 Å². The third kappa shape index (κ3) is 22.9. The van der Waals surface area contributed by atoms with Crippen LogP contribution in [0.1, 0.15) is 0 Å². The first kappa shape index (κ1) is 48.3. The SMILES string of the molecule is O.O=C([CH-]C(=O)C(F)(F)F)C(F)(F)F.O=C([CH-]C(=O)C(F)(F)F)C(F)(F)F.O=C([CH-]C(=O)C(F)(F)F)C(F)(F)F.[Er+3]. The summed E-state index contributed by atoms with van der Waals surface area (Å²) in [6.07, 6.45) is -35.8. The zero-order valence-corrected chi connectivity index (χ0v) is 19.6. The zero-order valence-electron chi connectivity index (χ0n) is 17.8. The molecule has 0 saturated carbocycles. The fraction of sp³-hybridized carbons (Fsp3) is 0.400. The van der Waals surface area contributed by atoms with Crippen LogP contribution < -0.4 is 0 Å². The van der Waals surface area contributed by atoms with Crippen molar-refractivity contribution in [2.75, 3.05) is 0 Å². The van der Waals surface area contributed by atoms with Crippen molar-refractivity contribution >= 4 is 34.7 Å². The molecule has 0 aromatic heterocycles. The van der Waals surface area contributed by atoms with Crippen molar-refractivity contribution in [3.63, 3.8) is 0 Å².